The van der Waals surface area contributed by atoms with Crippen molar-refractivity contribution in [1.29, 1.82) is 5.41 Å². The van der Waals surface area contributed by atoms with Crippen molar-refractivity contribution < 1.29 is 4.79 Å². The number of hydrogen-bond donors (Lipinski definition) is 1. The van der Waals surface area contributed by atoms with Crippen LogP contribution in [0.25, 0.3) is 0 Å². The van der Waals surface area contributed by atoms with E-state index in [1.165, 1.54) is 15.9 Å². The van der Waals surface area contributed by atoms with Crippen LogP contribution in [-0.2, 0) is 0 Å². The van der Waals surface area contributed by atoms with E-state index < -0.39 is 0 Å². The SMILES string of the molecule is CCCB(CCC)N(C(=O)n1ccsc1=N)c1ccccc1. The number of amides is 1. The molecule has 1 aromatic carbocycles. The molecular formula is C16H22BN3OS. The Morgan fingerprint density at radius 2 is 1.86 bits per heavy atom. The van der Waals surface area contributed by atoms with E-state index in [0.29, 0.717) is 0 Å². The standard InChI is InChI=1S/C16H22BN3OS/c1-3-10-17(11-4-2)20(14-8-6-5-7-9-14)16(21)19-12-13-22-15(19)18/h5-9,12-13,18H,3-4,10-11H2,1-2H3. The number of benzene rings is 1. The molecule has 116 valence electrons. The van der Waals surface area contributed by atoms with Gasteiger partial charge in [-0.15, -0.1) is 11.3 Å². The van der Waals surface area contributed by atoms with Crippen molar-refractivity contribution in [3.05, 3.63) is 46.7 Å². The van der Waals surface area contributed by atoms with Gasteiger partial charge in [0.15, 0.2) is 4.80 Å². The van der Waals surface area contributed by atoms with E-state index >= 15 is 0 Å². The minimum Gasteiger partial charge on any atom is -0.339 e. The Balaban J connectivity index is 2.43. The third-order valence-corrected chi connectivity index (χ3v) is 4.34. The van der Waals surface area contributed by atoms with Gasteiger partial charge in [-0.05, 0) is 12.1 Å². The van der Waals surface area contributed by atoms with Gasteiger partial charge in [-0.3, -0.25) is 5.41 Å². The highest BCUT2D eigenvalue weighted by Gasteiger charge is 2.29. The van der Waals surface area contributed by atoms with Crippen LogP contribution in [0.3, 0.4) is 0 Å². The minimum absolute atomic E-state index is 0.135. The first-order chi connectivity index (χ1) is 10.7. The molecule has 0 unspecified atom stereocenters. The van der Waals surface area contributed by atoms with Gasteiger partial charge in [0.2, 0.25) is 0 Å². The summed E-state index contributed by atoms with van der Waals surface area (Å²) < 4.78 is 1.43. The predicted molar refractivity (Wildman–Crippen MR) is 93.8 cm³/mol. The molecule has 0 aliphatic heterocycles. The lowest BCUT2D eigenvalue weighted by Gasteiger charge is -2.29. The van der Waals surface area contributed by atoms with Crippen LogP contribution < -0.4 is 9.61 Å². The minimum atomic E-state index is -0.135. The Morgan fingerprint density at radius 1 is 1.23 bits per heavy atom. The van der Waals surface area contributed by atoms with Crippen LogP contribution in [0.4, 0.5) is 10.5 Å². The molecule has 1 aromatic heterocycles. The van der Waals surface area contributed by atoms with E-state index in [9.17, 15) is 4.79 Å². The van der Waals surface area contributed by atoms with Crippen LogP contribution in [0.15, 0.2) is 41.9 Å². The second-order valence-corrected chi connectivity index (χ2v) is 6.19. The summed E-state index contributed by atoms with van der Waals surface area (Å²) in [6, 6.07) is 9.65. The van der Waals surface area contributed by atoms with Gasteiger partial charge in [0.25, 0.3) is 6.85 Å². The van der Waals surface area contributed by atoms with Gasteiger partial charge in [0, 0.05) is 17.3 Å². The number of hydrogen-bond acceptors (Lipinski definition) is 3. The van der Waals surface area contributed by atoms with Crippen molar-refractivity contribution in [3.8, 4) is 0 Å². The number of anilines is 1. The van der Waals surface area contributed by atoms with Crippen molar-refractivity contribution in [3.63, 3.8) is 0 Å². The molecule has 0 atom stereocenters. The van der Waals surface area contributed by atoms with Crippen LogP contribution >= 0.6 is 11.3 Å². The molecule has 1 amide bonds. The Bertz CT molecular complexity index is 647. The fraction of sp³-hybridized carbons (Fsp3) is 0.375. The van der Waals surface area contributed by atoms with Crippen molar-refractivity contribution in [2.75, 3.05) is 4.81 Å². The second-order valence-electron chi connectivity index (χ2n) is 5.30. The molecule has 6 heteroatoms. The number of rotatable bonds is 6. The molecule has 0 aliphatic rings. The Morgan fingerprint density at radius 3 is 2.36 bits per heavy atom. The van der Waals surface area contributed by atoms with Gasteiger partial charge < -0.3 is 4.81 Å². The first kappa shape index (κ1) is 16.6. The zero-order valence-electron chi connectivity index (χ0n) is 13.2. The molecule has 1 N–H and O–H groups in total. The zero-order valence-corrected chi connectivity index (χ0v) is 14.0. The van der Waals surface area contributed by atoms with Gasteiger partial charge >= 0.3 is 6.03 Å². The predicted octanol–water partition coefficient (Wildman–Crippen LogP) is 4.32. The van der Waals surface area contributed by atoms with Gasteiger partial charge in [-0.2, -0.15) is 0 Å². The number of carbonyl (C=O) groups excluding carboxylic acids is 1. The van der Waals surface area contributed by atoms with E-state index in [1.807, 2.05) is 35.1 Å². The Hall–Kier alpha value is -1.82. The maximum atomic E-state index is 13.0. The summed E-state index contributed by atoms with van der Waals surface area (Å²) in [4.78, 5) is 15.1. The fourth-order valence-electron chi connectivity index (χ4n) is 2.68. The summed E-state index contributed by atoms with van der Waals surface area (Å²) in [5.41, 5.74) is 0.900. The lowest BCUT2D eigenvalue weighted by atomic mass is 9.53. The fourth-order valence-corrected chi connectivity index (χ4v) is 3.25. The molecule has 0 fully saturated rings. The third-order valence-electron chi connectivity index (χ3n) is 3.66. The van der Waals surface area contributed by atoms with E-state index in [1.54, 1.807) is 11.6 Å². The summed E-state index contributed by atoms with van der Waals surface area (Å²) in [6.45, 7) is 4.45. The van der Waals surface area contributed by atoms with Crippen LogP contribution in [0, 0.1) is 5.41 Å². The average molecular weight is 315 g/mol. The van der Waals surface area contributed by atoms with E-state index in [-0.39, 0.29) is 17.7 Å². The zero-order chi connectivity index (χ0) is 15.9. The van der Waals surface area contributed by atoms with Gasteiger partial charge in [-0.25, -0.2) is 9.36 Å². The maximum Gasteiger partial charge on any atom is 0.322 e. The molecule has 1 heterocycles. The molecule has 4 nitrogen and oxygen atoms in total. The van der Waals surface area contributed by atoms with Crippen molar-refractivity contribution in [1.82, 2.24) is 4.57 Å². The smallest absolute Gasteiger partial charge is 0.322 e. The summed E-state index contributed by atoms with van der Waals surface area (Å²) in [6.07, 6.45) is 5.67. The van der Waals surface area contributed by atoms with E-state index in [0.717, 1.165) is 31.2 Å². The summed E-state index contributed by atoms with van der Waals surface area (Å²) in [5.74, 6) is 0. The van der Waals surface area contributed by atoms with Crippen LogP contribution in [0.5, 0.6) is 0 Å². The average Bonchev–Trinajstić information content (AvgIpc) is 2.95. The molecule has 0 spiro atoms. The summed E-state index contributed by atoms with van der Waals surface area (Å²) in [7, 11) is 0. The first-order valence-electron chi connectivity index (χ1n) is 7.78. The third kappa shape index (κ3) is 3.68. The van der Waals surface area contributed by atoms with E-state index in [2.05, 4.69) is 13.8 Å². The first-order valence-corrected chi connectivity index (χ1v) is 8.66. The lowest BCUT2D eigenvalue weighted by Crippen LogP contribution is -2.47. The molecule has 0 radical (unpaired) electrons. The Kier molecular flexibility index (Phi) is 6.01. The Labute approximate surface area is 136 Å². The van der Waals surface area contributed by atoms with Crippen LogP contribution in [-0.4, -0.2) is 17.4 Å². The molecular weight excluding hydrogens is 293 g/mol. The topological polar surface area (TPSA) is 49.1 Å². The van der Waals surface area contributed by atoms with Gasteiger partial charge in [-0.1, -0.05) is 57.5 Å². The number of aromatic nitrogens is 1. The summed E-state index contributed by atoms with van der Waals surface area (Å²) in [5, 5.41) is 9.69. The largest absolute Gasteiger partial charge is 0.339 e. The van der Waals surface area contributed by atoms with Gasteiger partial charge in [0.05, 0.1) is 0 Å². The number of thiazole rings is 1. The van der Waals surface area contributed by atoms with Crippen LogP contribution in [0.2, 0.25) is 12.6 Å². The monoisotopic (exact) mass is 315 g/mol. The molecule has 0 aliphatic carbocycles. The van der Waals surface area contributed by atoms with Crippen molar-refractivity contribution in [2.45, 2.75) is 39.3 Å². The van der Waals surface area contributed by atoms with E-state index in [4.69, 9.17) is 5.41 Å². The van der Waals surface area contributed by atoms with Crippen molar-refractivity contribution >= 4 is 29.9 Å². The number of nitrogens with zero attached hydrogens (tertiary/aromatic N) is 2. The molecule has 2 rings (SSSR count). The normalized spacial score (nSPS) is 10.5. The molecule has 0 saturated heterocycles. The molecule has 0 saturated carbocycles. The number of para-hydroxylation sites is 1. The molecule has 0 bridgehead atoms. The quantitative estimate of drug-likeness (QED) is 0.793. The lowest BCUT2D eigenvalue weighted by molar-refractivity contribution is 0.250. The van der Waals surface area contributed by atoms with Crippen LogP contribution in [0.1, 0.15) is 26.7 Å². The highest BCUT2D eigenvalue weighted by Crippen LogP contribution is 2.22. The van der Waals surface area contributed by atoms with Crippen molar-refractivity contribution in [2.24, 2.45) is 0 Å². The highest BCUT2D eigenvalue weighted by molar-refractivity contribution is 7.07. The van der Waals surface area contributed by atoms with Gasteiger partial charge in [0.1, 0.15) is 0 Å². The summed E-state index contributed by atoms with van der Waals surface area (Å²) >= 11 is 1.27. The molecule has 2 aromatic rings. The maximum absolute atomic E-state index is 13.0. The number of nitrogens with one attached hydrogen (secondary N) is 1. The highest BCUT2D eigenvalue weighted by atomic mass is 32.1. The molecule has 22 heavy (non-hydrogen) atoms. The number of carbonyl (C=O) groups is 1. The second kappa shape index (κ2) is 7.99.